The Morgan fingerprint density at radius 3 is 2.37 bits per heavy atom. The van der Waals surface area contributed by atoms with Gasteiger partial charge in [0.2, 0.25) is 0 Å². The summed E-state index contributed by atoms with van der Waals surface area (Å²) in [5.74, 6) is -1.52. The van der Waals surface area contributed by atoms with Gasteiger partial charge in [0.05, 0.1) is 37.4 Å². The molecule has 2 aliphatic heterocycles. The Balaban J connectivity index is 1.45. The standard InChI is InChI=1S/C20H24O7/c1-12(21)26-11-16-15(17-6-7-18(16)27-17)10-19(22)25-9-8-13-2-4-14(5-3-13)20(23)24/h2-5,15-18H,6-11H2,1H3,(H,23,24). The van der Waals surface area contributed by atoms with Crippen molar-refractivity contribution >= 4 is 17.9 Å². The quantitative estimate of drug-likeness (QED) is 0.695. The minimum atomic E-state index is -0.968. The van der Waals surface area contributed by atoms with Crippen molar-refractivity contribution < 1.29 is 33.7 Å². The zero-order valence-electron chi connectivity index (χ0n) is 15.3. The molecule has 2 bridgehead atoms. The van der Waals surface area contributed by atoms with Gasteiger partial charge in [-0.15, -0.1) is 0 Å². The molecule has 2 saturated heterocycles. The van der Waals surface area contributed by atoms with Crippen LogP contribution in [0.3, 0.4) is 0 Å². The van der Waals surface area contributed by atoms with Crippen LogP contribution < -0.4 is 0 Å². The molecule has 4 unspecified atom stereocenters. The molecule has 146 valence electrons. The van der Waals surface area contributed by atoms with Crippen LogP contribution in [0.15, 0.2) is 24.3 Å². The summed E-state index contributed by atoms with van der Waals surface area (Å²) in [6.45, 7) is 1.90. The molecule has 0 spiro atoms. The summed E-state index contributed by atoms with van der Waals surface area (Å²) >= 11 is 0. The lowest BCUT2D eigenvalue weighted by molar-refractivity contribution is -0.146. The Bertz CT molecular complexity index is 697. The van der Waals surface area contributed by atoms with Crippen LogP contribution in [-0.4, -0.2) is 48.4 Å². The van der Waals surface area contributed by atoms with Crippen molar-refractivity contribution in [3.63, 3.8) is 0 Å². The van der Waals surface area contributed by atoms with Gasteiger partial charge in [0.15, 0.2) is 0 Å². The van der Waals surface area contributed by atoms with Crippen molar-refractivity contribution in [3.8, 4) is 0 Å². The van der Waals surface area contributed by atoms with Crippen molar-refractivity contribution in [1.82, 2.24) is 0 Å². The van der Waals surface area contributed by atoms with E-state index in [4.69, 9.17) is 19.3 Å². The fraction of sp³-hybridized carbons (Fsp3) is 0.550. The number of carboxylic acids is 1. The molecule has 1 aromatic rings. The molecule has 0 amide bonds. The predicted molar refractivity (Wildman–Crippen MR) is 94.2 cm³/mol. The van der Waals surface area contributed by atoms with Gasteiger partial charge in [-0.25, -0.2) is 4.79 Å². The van der Waals surface area contributed by atoms with Crippen molar-refractivity contribution in [2.45, 2.75) is 44.8 Å². The minimum Gasteiger partial charge on any atom is -0.478 e. The number of rotatable bonds is 8. The molecule has 7 nitrogen and oxygen atoms in total. The molecule has 27 heavy (non-hydrogen) atoms. The predicted octanol–water partition coefficient (Wildman–Crippen LogP) is 2.22. The van der Waals surface area contributed by atoms with Crippen LogP contribution in [0.25, 0.3) is 0 Å². The van der Waals surface area contributed by atoms with Gasteiger partial charge in [-0.05, 0) is 30.5 Å². The van der Waals surface area contributed by atoms with E-state index in [1.807, 2.05) is 0 Å². The maximum Gasteiger partial charge on any atom is 0.335 e. The normalized spacial score (nSPS) is 26.0. The number of hydrogen-bond donors (Lipinski definition) is 1. The van der Waals surface area contributed by atoms with Gasteiger partial charge in [0.1, 0.15) is 0 Å². The van der Waals surface area contributed by atoms with Gasteiger partial charge >= 0.3 is 17.9 Å². The largest absolute Gasteiger partial charge is 0.478 e. The van der Waals surface area contributed by atoms with E-state index in [0.29, 0.717) is 6.42 Å². The molecule has 0 radical (unpaired) electrons. The lowest BCUT2D eigenvalue weighted by Gasteiger charge is -2.26. The SMILES string of the molecule is CC(=O)OCC1C2CCC(O2)C1CC(=O)OCCc1ccc(C(=O)O)cc1. The van der Waals surface area contributed by atoms with Crippen molar-refractivity contribution in [2.24, 2.45) is 11.8 Å². The van der Waals surface area contributed by atoms with Crippen LogP contribution in [0.5, 0.6) is 0 Å². The fourth-order valence-electron chi connectivity index (χ4n) is 3.95. The monoisotopic (exact) mass is 376 g/mol. The summed E-state index contributed by atoms with van der Waals surface area (Å²) in [4.78, 5) is 34.1. The van der Waals surface area contributed by atoms with Gasteiger partial charge in [-0.2, -0.15) is 0 Å². The van der Waals surface area contributed by atoms with Gasteiger partial charge in [-0.1, -0.05) is 12.1 Å². The van der Waals surface area contributed by atoms with E-state index in [1.165, 1.54) is 19.1 Å². The van der Waals surface area contributed by atoms with Gasteiger partial charge < -0.3 is 19.3 Å². The van der Waals surface area contributed by atoms with Crippen LogP contribution in [-0.2, 0) is 30.2 Å². The summed E-state index contributed by atoms with van der Waals surface area (Å²) < 4.78 is 16.4. The maximum atomic E-state index is 12.2. The average Bonchev–Trinajstić information content (AvgIpc) is 3.22. The molecule has 1 aromatic carbocycles. The number of ether oxygens (including phenoxy) is 3. The third-order valence-electron chi connectivity index (χ3n) is 5.33. The first kappa shape index (κ1) is 19.4. The number of carboxylic acid groups (broad SMARTS) is 1. The molecular weight excluding hydrogens is 352 g/mol. The van der Waals surface area contributed by atoms with Crippen LogP contribution in [0.1, 0.15) is 42.1 Å². The Labute approximate surface area is 157 Å². The summed E-state index contributed by atoms with van der Waals surface area (Å²) in [6, 6.07) is 6.50. The molecule has 3 rings (SSSR count). The number of hydrogen-bond acceptors (Lipinski definition) is 6. The van der Waals surface area contributed by atoms with Crippen LogP contribution in [0.4, 0.5) is 0 Å². The third-order valence-corrected chi connectivity index (χ3v) is 5.33. The summed E-state index contributed by atoms with van der Waals surface area (Å²) in [7, 11) is 0. The van der Waals surface area contributed by atoms with Crippen LogP contribution >= 0.6 is 0 Å². The molecular formula is C20H24O7. The summed E-state index contributed by atoms with van der Waals surface area (Å²) in [5, 5.41) is 8.89. The fourth-order valence-corrected chi connectivity index (χ4v) is 3.95. The average molecular weight is 376 g/mol. The van der Waals surface area contributed by atoms with Gasteiger partial charge in [0, 0.05) is 25.2 Å². The number of aromatic carboxylic acids is 1. The minimum absolute atomic E-state index is 0.0189. The number of fused-ring (bicyclic) bond motifs is 2. The van der Waals surface area contributed by atoms with Gasteiger partial charge in [-0.3, -0.25) is 9.59 Å². The molecule has 2 aliphatic rings. The second-order valence-corrected chi connectivity index (χ2v) is 7.10. The smallest absolute Gasteiger partial charge is 0.335 e. The van der Waals surface area contributed by atoms with E-state index >= 15 is 0 Å². The van der Waals surface area contributed by atoms with E-state index < -0.39 is 5.97 Å². The molecule has 7 heteroatoms. The van der Waals surface area contributed by atoms with Crippen molar-refractivity contribution in [2.75, 3.05) is 13.2 Å². The van der Waals surface area contributed by atoms with E-state index in [-0.39, 0.29) is 61.2 Å². The Morgan fingerprint density at radius 1 is 1.07 bits per heavy atom. The van der Waals surface area contributed by atoms with Crippen molar-refractivity contribution in [3.05, 3.63) is 35.4 Å². The zero-order chi connectivity index (χ0) is 19.4. The zero-order valence-corrected chi connectivity index (χ0v) is 15.3. The van der Waals surface area contributed by atoms with E-state index in [0.717, 1.165) is 18.4 Å². The molecule has 0 saturated carbocycles. The third kappa shape index (κ3) is 4.86. The number of esters is 2. The molecule has 2 fully saturated rings. The van der Waals surface area contributed by atoms with Crippen LogP contribution in [0.2, 0.25) is 0 Å². The van der Waals surface area contributed by atoms with Crippen molar-refractivity contribution in [1.29, 1.82) is 0 Å². The lowest BCUT2D eigenvalue weighted by atomic mass is 9.78. The second kappa shape index (κ2) is 8.52. The first-order chi connectivity index (χ1) is 12.9. The highest BCUT2D eigenvalue weighted by molar-refractivity contribution is 5.87. The topological polar surface area (TPSA) is 99.1 Å². The first-order valence-electron chi connectivity index (χ1n) is 9.20. The second-order valence-electron chi connectivity index (χ2n) is 7.10. The number of carbonyl (C=O) groups excluding carboxylic acids is 2. The first-order valence-corrected chi connectivity index (χ1v) is 9.20. The molecule has 0 aliphatic carbocycles. The molecule has 4 atom stereocenters. The molecule has 0 aromatic heterocycles. The Hall–Kier alpha value is -2.41. The van der Waals surface area contributed by atoms with E-state index in [2.05, 4.69) is 0 Å². The Kier molecular flexibility index (Phi) is 6.11. The Morgan fingerprint density at radius 2 is 1.74 bits per heavy atom. The van der Waals surface area contributed by atoms with Gasteiger partial charge in [0.25, 0.3) is 0 Å². The van der Waals surface area contributed by atoms with Crippen LogP contribution in [0, 0.1) is 11.8 Å². The number of benzene rings is 1. The highest BCUT2D eigenvalue weighted by Gasteiger charge is 2.50. The highest BCUT2D eigenvalue weighted by atomic mass is 16.5. The highest BCUT2D eigenvalue weighted by Crippen LogP contribution is 2.45. The maximum absolute atomic E-state index is 12.2. The van der Waals surface area contributed by atoms with E-state index in [9.17, 15) is 14.4 Å². The summed E-state index contributed by atoms with van der Waals surface area (Å²) in [6.07, 6.45) is 2.73. The summed E-state index contributed by atoms with van der Waals surface area (Å²) in [5.41, 5.74) is 1.13. The molecule has 1 N–H and O–H groups in total. The molecule has 2 heterocycles. The van der Waals surface area contributed by atoms with E-state index in [1.54, 1.807) is 12.1 Å². The number of carbonyl (C=O) groups is 3. The lowest BCUT2D eigenvalue weighted by Crippen LogP contribution is -2.33.